The van der Waals surface area contributed by atoms with Crippen LogP contribution in [0.2, 0.25) is 0 Å². The Morgan fingerprint density at radius 1 is 1.38 bits per heavy atom. The lowest BCUT2D eigenvalue weighted by molar-refractivity contribution is 0.286. The maximum atomic E-state index is 8.76. The molecule has 3 nitrogen and oxygen atoms in total. The lowest BCUT2D eigenvalue weighted by atomic mass is 10.2. The molecule has 1 aliphatic heterocycles. The summed E-state index contributed by atoms with van der Waals surface area (Å²) in [6, 6.07) is 9.20. The molecule has 0 saturated carbocycles. The van der Waals surface area contributed by atoms with Crippen LogP contribution in [0.15, 0.2) is 24.3 Å². The minimum atomic E-state index is 0.223. The van der Waals surface area contributed by atoms with Gasteiger partial charge in [-0.25, -0.2) is 0 Å². The minimum Gasteiger partial charge on any atom is -0.395 e. The number of hydrogen-bond acceptors (Lipinski definition) is 3. The molecule has 0 aromatic heterocycles. The average molecular weight is 220 g/mol. The molecule has 1 saturated heterocycles. The Morgan fingerprint density at radius 3 is 2.81 bits per heavy atom. The number of nitrogens with one attached hydrogen (secondary N) is 1. The van der Waals surface area contributed by atoms with Gasteiger partial charge < -0.3 is 15.3 Å². The van der Waals surface area contributed by atoms with Crippen molar-refractivity contribution in [3.63, 3.8) is 0 Å². The second-order valence-electron chi connectivity index (χ2n) is 4.44. The van der Waals surface area contributed by atoms with Crippen molar-refractivity contribution in [2.24, 2.45) is 0 Å². The molecule has 1 unspecified atom stereocenters. The molecule has 1 atom stereocenters. The first-order chi connectivity index (χ1) is 7.79. The molecule has 88 valence electrons. The number of rotatable bonds is 4. The van der Waals surface area contributed by atoms with Crippen molar-refractivity contribution < 1.29 is 5.11 Å². The summed E-state index contributed by atoms with van der Waals surface area (Å²) < 4.78 is 0. The van der Waals surface area contributed by atoms with Gasteiger partial charge in [-0.15, -0.1) is 0 Å². The second-order valence-corrected chi connectivity index (χ2v) is 4.44. The van der Waals surface area contributed by atoms with Crippen molar-refractivity contribution >= 4 is 5.69 Å². The number of aryl methyl sites for hydroxylation is 1. The molecule has 1 heterocycles. The summed E-state index contributed by atoms with van der Waals surface area (Å²) in [7, 11) is 0. The molecular formula is C13H20N2O. The smallest absolute Gasteiger partial charge is 0.0556 e. The van der Waals surface area contributed by atoms with Gasteiger partial charge in [0, 0.05) is 31.4 Å². The lowest BCUT2D eigenvalue weighted by Crippen LogP contribution is -2.34. The van der Waals surface area contributed by atoms with Crippen molar-refractivity contribution in [2.75, 3.05) is 31.1 Å². The fourth-order valence-electron chi connectivity index (χ4n) is 2.19. The van der Waals surface area contributed by atoms with E-state index in [-0.39, 0.29) is 6.61 Å². The largest absolute Gasteiger partial charge is 0.395 e. The Hall–Kier alpha value is -1.06. The first kappa shape index (κ1) is 11.4. The molecule has 0 aliphatic carbocycles. The van der Waals surface area contributed by atoms with Gasteiger partial charge in [-0.2, -0.15) is 0 Å². The van der Waals surface area contributed by atoms with Crippen molar-refractivity contribution in [3.05, 3.63) is 29.8 Å². The van der Waals surface area contributed by atoms with Crippen LogP contribution >= 0.6 is 0 Å². The topological polar surface area (TPSA) is 35.5 Å². The zero-order chi connectivity index (χ0) is 11.4. The Balaban J connectivity index is 1.90. The molecule has 16 heavy (non-hydrogen) atoms. The highest BCUT2D eigenvalue weighted by Crippen LogP contribution is 2.20. The average Bonchev–Trinajstić information content (AvgIpc) is 2.76. The Kier molecular flexibility index (Phi) is 3.80. The monoisotopic (exact) mass is 220 g/mol. The van der Waals surface area contributed by atoms with Crippen LogP contribution in [0.25, 0.3) is 0 Å². The van der Waals surface area contributed by atoms with Crippen LogP contribution in [0.5, 0.6) is 0 Å². The predicted molar refractivity (Wildman–Crippen MR) is 66.9 cm³/mol. The van der Waals surface area contributed by atoms with Gasteiger partial charge in [-0.3, -0.25) is 0 Å². The van der Waals surface area contributed by atoms with E-state index < -0.39 is 0 Å². The highest BCUT2D eigenvalue weighted by atomic mass is 16.3. The summed E-state index contributed by atoms with van der Waals surface area (Å²) in [6.07, 6.45) is 1.16. The fourth-order valence-corrected chi connectivity index (χ4v) is 2.19. The molecular weight excluding hydrogens is 200 g/mol. The van der Waals surface area contributed by atoms with Gasteiger partial charge in [0.05, 0.1) is 6.61 Å². The van der Waals surface area contributed by atoms with Crippen LogP contribution in [-0.2, 0) is 0 Å². The molecule has 1 aromatic rings. The molecule has 0 spiro atoms. The molecule has 0 amide bonds. The lowest BCUT2D eigenvalue weighted by Gasteiger charge is -2.19. The fraction of sp³-hybridized carbons (Fsp3) is 0.538. The number of nitrogens with zero attached hydrogens (tertiary/aromatic N) is 1. The SMILES string of the molecule is Cc1ccc(N2CCC(NCCO)C2)cc1. The predicted octanol–water partition coefficient (Wildman–Crippen LogP) is 1.16. The molecule has 0 radical (unpaired) electrons. The molecule has 1 aromatic carbocycles. The quantitative estimate of drug-likeness (QED) is 0.799. The van der Waals surface area contributed by atoms with Gasteiger partial charge in [0.15, 0.2) is 0 Å². The van der Waals surface area contributed by atoms with E-state index in [0.29, 0.717) is 12.6 Å². The highest BCUT2D eigenvalue weighted by Gasteiger charge is 2.21. The van der Waals surface area contributed by atoms with E-state index in [2.05, 4.69) is 41.4 Å². The molecule has 2 N–H and O–H groups in total. The first-order valence-electron chi connectivity index (χ1n) is 5.95. The third-order valence-corrected chi connectivity index (χ3v) is 3.13. The summed E-state index contributed by atoms with van der Waals surface area (Å²) in [6.45, 7) is 5.18. The van der Waals surface area contributed by atoms with Gasteiger partial charge in [-0.05, 0) is 25.5 Å². The number of hydrogen-bond donors (Lipinski definition) is 2. The third-order valence-electron chi connectivity index (χ3n) is 3.13. The van der Waals surface area contributed by atoms with Crippen molar-refractivity contribution in [3.8, 4) is 0 Å². The number of aliphatic hydroxyl groups is 1. The summed E-state index contributed by atoms with van der Waals surface area (Å²) >= 11 is 0. The van der Waals surface area contributed by atoms with Crippen LogP contribution in [0.1, 0.15) is 12.0 Å². The van der Waals surface area contributed by atoms with Crippen LogP contribution in [0, 0.1) is 6.92 Å². The van der Waals surface area contributed by atoms with Crippen molar-refractivity contribution in [1.29, 1.82) is 0 Å². The normalized spacial score (nSPS) is 20.4. The molecule has 0 bridgehead atoms. The van der Waals surface area contributed by atoms with E-state index in [0.717, 1.165) is 19.5 Å². The summed E-state index contributed by atoms with van der Waals surface area (Å²) in [4.78, 5) is 2.40. The minimum absolute atomic E-state index is 0.223. The number of anilines is 1. The molecule has 1 aliphatic rings. The molecule has 1 fully saturated rings. The van der Waals surface area contributed by atoms with E-state index in [1.165, 1.54) is 11.3 Å². The summed E-state index contributed by atoms with van der Waals surface area (Å²) in [5.74, 6) is 0. The van der Waals surface area contributed by atoms with E-state index in [1.807, 2.05) is 0 Å². The zero-order valence-corrected chi connectivity index (χ0v) is 9.82. The van der Waals surface area contributed by atoms with Gasteiger partial charge in [0.25, 0.3) is 0 Å². The molecule has 3 heteroatoms. The number of benzene rings is 1. The Labute approximate surface area is 97.1 Å². The van der Waals surface area contributed by atoms with E-state index in [4.69, 9.17) is 5.11 Å². The van der Waals surface area contributed by atoms with Gasteiger partial charge in [0.1, 0.15) is 0 Å². The van der Waals surface area contributed by atoms with Crippen molar-refractivity contribution in [1.82, 2.24) is 5.32 Å². The maximum absolute atomic E-state index is 8.76. The van der Waals surface area contributed by atoms with E-state index in [9.17, 15) is 0 Å². The Bertz CT molecular complexity index is 323. The standard InChI is InChI=1S/C13H20N2O/c1-11-2-4-13(5-3-11)15-8-6-12(10-15)14-7-9-16/h2-5,12,14,16H,6-10H2,1H3. The maximum Gasteiger partial charge on any atom is 0.0556 e. The van der Waals surface area contributed by atoms with Crippen molar-refractivity contribution in [2.45, 2.75) is 19.4 Å². The molecule has 2 rings (SSSR count). The third kappa shape index (κ3) is 2.74. The zero-order valence-electron chi connectivity index (χ0n) is 9.82. The van der Waals surface area contributed by atoms with Gasteiger partial charge >= 0.3 is 0 Å². The van der Waals surface area contributed by atoms with Crippen LogP contribution in [-0.4, -0.2) is 37.4 Å². The van der Waals surface area contributed by atoms with Crippen LogP contribution in [0.4, 0.5) is 5.69 Å². The van der Waals surface area contributed by atoms with Crippen LogP contribution in [0.3, 0.4) is 0 Å². The number of aliphatic hydroxyl groups excluding tert-OH is 1. The van der Waals surface area contributed by atoms with Gasteiger partial charge in [-0.1, -0.05) is 17.7 Å². The Morgan fingerprint density at radius 2 is 2.12 bits per heavy atom. The van der Waals surface area contributed by atoms with E-state index in [1.54, 1.807) is 0 Å². The summed E-state index contributed by atoms with van der Waals surface area (Å²) in [5.41, 5.74) is 2.61. The van der Waals surface area contributed by atoms with Crippen LogP contribution < -0.4 is 10.2 Å². The highest BCUT2D eigenvalue weighted by molar-refractivity contribution is 5.48. The summed E-state index contributed by atoms with van der Waals surface area (Å²) in [5, 5.41) is 12.1. The second kappa shape index (κ2) is 5.32. The van der Waals surface area contributed by atoms with E-state index >= 15 is 0 Å². The van der Waals surface area contributed by atoms with Gasteiger partial charge in [0.2, 0.25) is 0 Å². The first-order valence-corrected chi connectivity index (χ1v) is 5.95.